The molecule has 0 aliphatic heterocycles. The third kappa shape index (κ3) is 4.11. The second kappa shape index (κ2) is 8.68. The maximum absolute atomic E-state index is 12.3. The summed E-state index contributed by atoms with van der Waals surface area (Å²) in [5.41, 5.74) is 3.27. The van der Waals surface area contributed by atoms with Gasteiger partial charge in [0.2, 0.25) is 0 Å². The second-order valence-corrected chi connectivity index (χ2v) is 7.19. The summed E-state index contributed by atoms with van der Waals surface area (Å²) in [5, 5.41) is 15.2. The largest absolute Gasteiger partial charge is 0.490 e. The number of H-pyrrole nitrogens is 1. The van der Waals surface area contributed by atoms with Crippen LogP contribution in [0.25, 0.3) is 22.2 Å². The van der Waals surface area contributed by atoms with Crippen molar-refractivity contribution in [1.82, 2.24) is 9.97 Å². The number of hydrogen-bond acceptors (Lipinski definition) is 6. The quantitative estimate of drug-likeness (QED) is 0.458. The number of hydrogen-bond donors (Lipinski definition) is 2. The van der Waals surface area contributed by atoms with Crippen LogP contribution in [0.1, 0.15) is 12.5 Å². The minimum atomic E-state index is -0.332. The Labute approximate surface area is 176 Å². The number of amides is 1. The molecule has 0 saturated heterocycles. The Balaban J connectivity index is 1.41. The van der Waals surface area contributed by atoms with Crippen LogP contribution in [-0.4, -0.2) is 29.1 Å². The molecule has 0 bridgehead atoms. The zero-order chi connectivity index (χ0) is 20.9. The summed E-state index contributed by atoms with van der Waals surface area (Å²) in [5.74, 6) is 0.506. The van der Waals surface area contributed by atoms with Crippen molar-refractivity contribution in [3.63, 3.8) is 0 Å². The Bertz CT molecular complexity index is 1240. The highest BCUT2D eigenvalue weighted by atomic mass is 32.1. The van der Waals surface area contributed by atoms with Crippen molar-refractivity contribution in [3.05, 3.63) is 59.6 Å². The summed E-state index contributed by atoms with van der Waals surface area (Å²) in [6.07, 6.45) is 1.91. The summed E-state index contributed by atoms with van der Waals surface area (Å²) in [6, 6.07) is 14.9. The average molecular weight is 418 g/mol. The topological polar surface area (TPSA) is 100 Å². The van der Waals surface area contributed by atoms with Crippen molar-refractivity contribution in [3.8, 4) is 28.8 Å². The van der Waals surface area contributed by atoms with Crippen molar-refractivity contribution in [2.45, 2.75) is 6.92 Å². The van der Waals surface area contributed by atoms with Crippen LogP contribution in [0.15, 0.2) is 54.0 Å². The van der Waals surface area contributed by atoms with Gasteiger partial charge in [0.25, 0.3) is 5.91 Å². The molecular weight excluding hydrogens is 400 g/mol. The SMILES string of the molecule is CCOc1cc(C#N)ccc1OCC(=O)Nc1nc(-c2c[nH]c3ccccc23)cs1. The van der Waals surface area contributed by atoms with Crippen molar-refractivity contribution in [2.24, 2.45) is 0 Å². The number of anilines is 1. The third-order valence-electron chi connectivity index (χ3n) is 4.35. The normalized spacial score (nSPS) is 10.5. The van der Waals surface area contributed by atoms with Crippen LogP contribution in [-0.2, 0) is 4.79 Å². The summed E-state index contributed by atoms with van der Waals surface area (Å²) >= 11 is 1.35. The first-order valence-corrected chi connectivity index (χ1v) is 10.2. The molecule has 30 heavy (non-hydrogen) atoms. The molecule has 2 N–H and O–H groups in total. The van der Waals surface area contributed by atoms with E-state index in [1.807, 2.05) is 42.8 Å². The maximum Gasteiger partial charge on any atom is 0.264 e. The van der Waals surface area contributed by atoms with Gasteiger partial charge in [-0.3, -0.25) is 10.1 Å². The molecule has 0 unspecified atom stereocenters. The Morgan fingerprint density at radius 1 is 1.23 bits per heavy atom. The number of nitrogens with zero attached hydrogens (tertiary/aromatic N) is 2. The maximum atomic E-state index is 12.3. The standard InChI is InChI=1S/C22H18N4O3S/c1-2-28-20-9-14(10-23)7-8-19(20)29-12-21(27)26-22-25-18(13-30-22)16-11-24-17-6-4-3-5-15(16)17/h3-9,11,13,24H,2,12H2,1H3,(H,25,26,27). The number of aromatic amines is 1. The number of ether oxygens (including phenoxy) is 2. The van der Waals surface area contributed by atoms with Crippen LogP contribution in [0.2, 0.25) is 0 Å². The van der Waals surface area contributed by atoms with E-state index in [0.717, 1.165) is 22.2 Å². The lowest BCUT2D eigenvalue weighted by Crippen LogP contribution is -2.20. The van der Waals surface area contributed by atoms with E-state index in [-0.39, 0.29) is 12.5 Å². The monoisotopic (exact) mass is 418 g/mol. The van der Waals surface area contributed by atoms with Gasteiger partial charge in [-0.2, -0.15) is 5.26 Å². The van der Waals surface area contributed by atoms with Crippen LogP contribution < -0.4 is 14.8 Å². The molecule has 2 heterocycles. The first-order valence-electron chi connectivity index (χ1n) is 9.29. The molecule has 0 saturated carbocycles. The van der Waals surface area contributed by atoms with E-state index >= 15 is 0 Å². The van der Waals surface area contributed by atoms with Gasteiger partial charge in [0, 0.05) is 34.1 Å². The van der Waals surface area contributed by atoms with E-state index in [0.29, 0.717) is 28.8 Å². The molecule has 1 amide bonds. The smallest absolute Gasteiger partial charge is 0.264 e. The highest BCUT2D eigenvalue weighted by Crippen LogP contribution is 2.31. The van der Waals surface area contributed by atoms with E-state index in [9.17, 15) is 4.79 Å². The van der Waals surface area contributed by atoms with Crippen LogP contribution in [0.3, 0.4) is 0 Å². The number of thiazole rings is 1. The number of rotatable bonds is 7. The summed E-state index contributed by atoms with van der Waals surface area (Å²) < 4.78 is 11.1. The van der Waals surface area contributed by atoms with Gasteiger partial charge >= 0.3 is 0 Å². The van der Waals surface area contributed by atoms with Crippen LogP contribution in [0.4, 0.5) is 5.13 Å². The van der Waals surface area contributed by atoms with Crippen LogP contribution in [0, 0.1) is 11.3 Å². The molecule has 0 spiro atoms. The summed E-state index contributed by atoms with van der Waals surface area (Å²) in [4.78, 5) is 20.1. The van der Waals surface area contributed by atoms with Crippen molar-refractivity contribution in [2.75, 3.05) is 18.5 Å². The number of nitriles is 1. The number of nitrogens with one attached hydrogen (secondary N) is 2. The fraction of sp³-hybridized carbons (Fsp3) is 0.136. The van der Waals surface area contributed by atoms with Gasteiger partial charge in [0.15, 0.2) is 23.2 Å². The van der Waals surface area contributed by atoms with Crippen LogP contribution >= 0.6 is 11.3 Å². The van der Waals surface area contributed by atoms with Gasteiger partial charge in [-0.25, -0.2) is 4.98 Å². The molecule has 2 aromatic heterocycles. The van der Waals surface area contributed by atoms with Gasteiger partial charge in [0.05, 0.1) is 23.9 Å². The lowest BCUT2D eigenvalue weighted by molar-refractivity contribution is -0.118. The molecule has 4 aromatic rings. The Morgan fingerprint density at radius 3 is 2.93 bits per heavy atom. The van der Waals surface area contributed by atoms with E-state index in [2.05, 4.69) is 21.4 Å². The number of benzene rings is 2. The Kier molecular flexibility index (Phi) is 5.63. The van der Waals surface area contributed by atoms with E-state index < -0.39 is 0 Å². The minimum absolute atomic E-state index is 0.200. The van der Waals surface area contributed by atoms with Gasteiger partial charge in [-0.15, -0.1) is 11.3 Å². The van der Waals surface area contributed by atoms with Gasteiger partial charge in [0.1, 0.15) is 0 Å². The number of aromatic nitrogens is 2. The summed E-state index contributed by atoms with van der Waals surface area (Å²) in [6.45, 7) is 2.06. The zero-order valence-corrected chi connectivity index (χ0v) is 17.0. The molecule has 7 nitrogen and oxygen atoms in total. The average Bonchev–Trinajstić information content (AvgIpc) is 3.39. The van der Waals surface area contributed by atoms with Crippen molar-refractivity contribution >= 4 is 33.3 Å². The van der Waals surface area contributed by atoms with E-state index in [4.69, 9.17) is 14.7 Å². The molecule has 8 heteroatoms. The van der Waals surface area contributed by atoms with Crippen molar-refractivity contribution < 1.29 is 14.3 Å². The third-order valence-corrected chi connectivity index (χ3v) is 5.10. The molecule has 4 rings (SSSR count). The highest BCUT2D eigenvalue weighted by molar-refractivity contribution is 7.14. The Morgan fingerprint density at radius 2 is 2.10 bits per heavy atom. The molecule has 0 radical (unpaired) electrons. The first kappa shape index (κ1) is 19.5. The predicted molar refractivity (Wildman–Crippen MR) is 116 cm³/mol. The Hall–Kier alpha value is -3.83. The number of para-hydroxylation sites is 1. The number of carbonyl (C=O) groups excluding carboxylic acids is 1. The lowest BCUT2D eigenvalue weighted by Gasteiger charge is -2.11. The first-order chi connectivity index (χ1) is 14.7. The fourth-order valence-electron chi connectivity index (χ4n) is 3.00. The molecule has 0 aliphatic carbocycles. The predicted octanol–water partition coefficient (Wildman–Crippen LogP) is 4.58. The second-order valence-electron chi connectivity index (χ2n) is 6.33. The van der Waals surface area contributed by atoms with Gasteiger partial charge < -0.3 is 14.5 Å². The van der Waals surface area contributed by atoms with Crippen LogP contribution in [0.5, 0.6) is 11.5 Å². The molecule has 0 fully saturated rings. The number of carbonyl (C=O) groups is 1. The van der Waals surface area contributed by atoms with Crippen molar-refractivity contribution in [1.29, 1.82) is 5.26 Å². The summed E-state index contributed by atoms with van der Waals surface area (Å²) in [7, 11) is 0. The highest BCUT2D eigenvalue weighted by Gasteiger charge is 2.13. The molecule has 0 aliphatic rings. The fourth-order valence-corrected chi connectivity index (χ4v) is 3.73. The molecular formula is C22H18N4O3S. The van der Waals surface area contributed by atoms with Gasteiger partial charge in [-0.05, 0) is 25.1 Å². The molecule has 150 valence electrons. The molecule has 0 atom stereocenters. The zero-order valence-electron chi connectivity index (χ0n) is 16.1. The number of fused-ring (bicyclic) bond motifs is 1. The van der Waals surface area contributed by atoms with Gasteiger partial charge in [-0.1, -0.05) is 18.2 Å². The van der Waals surface area contributed by atoms with E-state index in [1.165, 1.54) is 11.3 Å². The van der Waals surface area contributed by atoms with E-state index in [1.54, 1.807) is 18.2 Å². The molecule has 2 aromatic carbocycles. The lowest BCUT2D eigenvalue weighted by atomic mass is 10.1. The minimum Gasteiger partial charge on any atom is -0.490 e.